The third-order valence-corrected chi connectivity index (χ3v) is 4.84. The SMILES string of the molecule is CCc1cnc(C2=NC(C)(C(C)C)C(=O)N2)c(C(=O)OC(C)CC)c1. The number of aryl methyl sites for hydroxylation is 1. The lowest BCUT2D eigenvalue weighted by atomic mass is 9.89. The van der Waals surface area contributed by atoms with E-state index < -0.39 is 11.5 Å². The molecule has 0 aromatic carbocycles. The Kier molecular flexibility index (Phi) is 5.60. The molecule has 1 N–H and O–H groups in total. The first-order valence-corrected chi connectivity index (χ1v) is 8.84. The Morgan fingerprint density at radius 1 is 1.32 bits per heavy atom. The summed E-state index contributed by atoms with van der Waals surface area (Å²) in [7, 11) is 0. The molecule has 0 aliphatic carbocycles. The molecule has 1 aromatic rings. The number of rotatable bonds is 6. The Bertz CT molecular complexity index is 712. The lowest BCUT2D eigenvalue weighted by molar-refractivity contribution is -0.124. The number of ether oxygens (including phenoxy) is 1. The molecule has 2 unspecified atom stereocenters. The predicted molar refractivity (Wildman–Crippen MR) is 96.7 cm³/mol. The zero-order chi connectivity index (χ0) is 18.8. The molecule has 1 aliphatic rings. The van der Waals surface area contributed by atoms with Crippen molar-refractivity contribution in [3.8, 4) is 0 Å². The number of carbonyl (C=O) groups is 2. The van der Waals surface area contributed by atoms with Crippen LogP contribution < -0.4 is 5.32 Å². The average molecular weight is 345 g/mol. The van der Waals surface area contributed by atoms with Gasteiger partial charge in [-0.3, -0.25) is 9.78 Å². The van der Waals surface area contributed by atoms with Crippen LogP contribution in [0.2, 0.25) is 0 Å². The maximum absolute atomic E-state index is 12.6. The van der Waals surface area contributed by atoms with Gasteiger partial charge >= 0.3 is 5.97 Å². The molecule has 0 bridgehead atoms. The van der Waals surface area contributed by atoms with Gasteiger partial charge in [-0.15, -0.1) is 0 Å². The van der Waals surface area contributed by atoms with Crippen LogP contribution in [0.25, 0.3) is 0 Å². The summed E-state index contributed by atoms with van der Waals surface area (Å²) in [6.07, 6.45) is 2.99. The summed E-state index contributed by atoms with van der Waals surface area (Å²) in [5.41, 5.74) is 0.768. The summed E-state index contributed by atoms with van der Waals surface area (Å²) in [6, 6.07) is 1.77. The van der Waals surface area contributed by atoms with Crippen LogP contribution >= 0.6 is 0 Å². The minimum atomic E-state index is -0.863. The zero-order valence-corrected chi connectivity index (χ0v) is 15.8. The lowest BCUT2D eigenvalue weighted by Gasteiger charge is -2.21. The summed E-state index contributed by atoms with van der Waals surface area (Å²) in [5.74, 6) is -0.266. The number of nitrogens with zero attached hydrogens (tertiary/aromatic N) is 2. The molecule has 136 valence electrons. The fourth-order valence-corrected chi connectivity index (χ4v) is 2.42. The second-order valence-corrected chi connectivity index (χ2v) is 6.93. The fourth-order valence-electron chi connectivity index (χ4n) is 2.42. The highest BCUT2D eigenvalue weighted by Gasteiger charge is 2.43. The molecule has 0 saturated carbocycles. The molecule has 2 atom stereocenters. The minimum absolute atomic E-state index is 0.0235. The standard InChI is InChI=1S/C19H27N3O3/c1-7-12(5)25-17(23)14-9-13(8-2)10-20-15(14)16-21-18(24)19(6,22-16)11(3)4/h9-12H,7-8H2,1-6H3,(H,21,22,24). The van der Waals surface area contributed by atoms with Crippen LogP contribution in [-0.2, 0) is 16.0 Å². The molecule has 25 heavy (non-hydrogen) atoms. The number of carbonyl (C=O) groups excluding carboxylic acids is 2. The summed E-state index contributed by atoms with van der Waals surface area (Å²) in [6.45, 7) is 11.5. The van der Waals surface area contributed by atoms with Crippen molar-refractivity contribution in [2.75, 3.05) is 0 Å². The van der Waals surface area contributed by atoms with Crippen LogP contribution in [-0.4, -0.2) is 34.3 Å². The molecule has 1 amide bonds. The van der Waals surface area contributed by atoms with E-state index in [0.717, 1.165) is 18.4 Å². The van der Waals surface area contributed by atoms with Gasteiger partial charge in [-0.2, -0.15) is 0 Å². The minimum Gasteiger partial charge on any atom is -0.459 e. The van der Waals surface area contributed by atoms with Gasteiger partial charge in [0, 0.05) is 6.20 Å². The fraction of sp³-hybridized carbons (Fsp3) is 0.579. The van der Waals surface area contributed by atoms with Crippen LogP contribution in [0.15, 0.2) is 17.3 Å². The molecular weight excluding hydrogens is 318 g/mol. The van der Waals surface area contributed by atoms with Crippen molar-refractivity contribution in [1.82, 2.24) is 10.3 Å². The van der Waals surface area contributed by atoms with Crippen molar-refractivity contribution in [3.63, 3.8) is 0 Å². The van der Waals surface area contributed by atoms with Gasteiger partial charge in [-0.1, -0.05) is 27.7 Å². The molecule has 0 radical (unpaired) electrons. The first kappa shape index (κ1) is 19.1. The normalized spacial score (nSPS) is 21.1. The van der Waals surface area contributed by atoms with Crippen molar-refractivity contribution in [1.29, 1.82) is 0 Å². The largest absolute Gasteiger partial charge is 0.459 e. The number of amides is 1. The van der Waals surface area contributed by atoms with Gasteiger partial charge < -0.3 is 10.1 Å². The van der Waals surface area contributed by atoms with Gasteiger partial charge in [0.2, 0.25) is 0 Å². The van der Waals surface area contributed by atoms with Crippen LogP contribution in [0, 0.1) is 5.92 Å². The summed E-state index contributed by atoms with van der Waals surface area (Å²) >= 11 is 0. The van der Waals surface area contributed by atoms with E-state index in [1.807, 2.05) is 34.6 Å². The highest BCUT2D eigenvalue weighted by Crippen LogP contribution is 2.27. The summed E-state index contributed by atoms with van der Waals surface area (Å²) in [4.78, 5) is 33.9. The molecule has 1 aliphatic heterocycles. The smallest absolute Gasteiger partial charge is 0.340 e. The van der Waals surface area contributed by atoms with Crippen LogP contribution in [0.4, 0.5) is 0 Å². The molecule has 2 rings (SSSR count). The second-order valence-electron chi connectivity index (χ2n) is 6.93. The zero-order valence-electron chi connectivity index (χ0n) is 15.8. The number of hydrogen-bond acceptors (Lipinski definition) is 5. The van der Waals surface area contributed by atoms with E-state index in [-0.39, 0.29) is 17.9 Å². The molecular formula is C19H27N3O3. The predicted octanol–water partition coefficient (Wildman–Crippen LogP) is 2.89. The van der Waals surface area contributed by atoms with Crippen LogP contribution in [0.5, 0.6) is 0 Å². The maximum Gasteiger partial charge on any atom is 0.340 e. The topological polar surface area (TPSA) is 80.7 Å². The molecule has 0 fully saturated rings. The monoisotopic (exact) mass is 345 g/mol. The van der Waals surface area contributed by atoms with Crippen molar-refractivity contribution in [2.45, 2.75) is 66.0 Å². The van der Waals surface area contributed by atoms with Crippen LogP contribution in [0.1, 0.15) is 69.6 Å². The van der Waals surface area contributed by atoms with Crippen molar-refractivity contribution >= 4 is 17.7 Å². The van der Waals surface area contributed by atoms with E-state index in [1.165, 1.54) is 0 Å². The first-order chi connectivity index (χ1) is 11.7. The molecule has 0 saturated heterocycles. The van der Waals surface area contributed by atoms with Crippen molar-refractivity contribution in [2.24, 2.45) is 10.9 Å². The van der Waals surface area contributed by atoms with E-state index in [1.54, 1.807) is 19.2 Å². The van der Waals surface area contributed by atoms with Gasteiger partial charge in [0.05, 0.1) is 11.7 Å². The Morgan fingerprint density at radius 3 is 2.52 bits per heavy atom. The Balaban J connectivity index is 2.48. The third-order valence-electron chi connectivity index (χ3n) is 4.84. The molecule has 6 nitrogen and oxygen atoms in total. The number of aromatic nitrogens is 1. The summed E-state index contributed by atoms with van der Waals surface area (Å²) < 4.78 is 5.46. The molecule has 1 aromatic heterocycles. The van der Waals surface area contributed by atoms with E-state index in [0.29, 0.717) is 17.1 Å². The molecule has 6 heteroatoms. The van der Waals surface area contributed by atoms with Gasteiger partial charge in [0.1, 0.15) is 11.2 Å². The Labute approximate surface area is 149 Å². The first-order valence-electron chi connectivity index (χ1n) is 8.84. The number of nitrogens with one attached hydrogen (secondary N) is 1. The van der Waals surface area contributed by atoms with Gasteiger partial charge in [0.25, 0.3) is 5.91 Å². The number of aliphatic imine (C=N–C) groups is 1. The summed E-state index contributed by atoms with van der Waals surface area (Å²) in [5, 5.41) is 2.78. The number of pyridine rings is 1. The van der Waals surface area contributed by atoms with Crippen molar-refractivity contribution < 1.29 is 14.3 Å². The van der Waals surface area contributed by atoms with E-state index in [9.17, 15) is 9.59 Å². The highest BCUT2D eigenvalue weighted by molar-refractivity contribution is 6.17. The van der Waals surface area contributed by atoms with E-state index in [2.05, 4.69) is 15.3 Å². The number of amidine groups is 1. The van der Waals surface area contributed by atoms with Crippen molar-refractivity contribution in [3.05, 3.63) is 29.1 Å². The van der Waals surface area contributed by atoms with Gasteiger partial charge in [-0.05, 0) is 44.2 Å². The quantitative estimate of drug-likeness (QED) is 0.804. The number of esters is 1. The Hall–Kier alpha value is -2.24. The lowest BCUT2D eigenvalue weighted by Crippen LogP contribution is -2.41. The van der Waals surface area contributed by atoms with Crippen LogP contribution in [0.3, 0.4) is 0 Å². The van der Waals surface area contributed by atoms with Gasteiger partial charge in [-0.25, -0.2) is 9.79 Å². The Morgan fingerprint density at radius 2 is 2.00 bits per heavy atom. The van der Waals surface area contributed by atoms with E-state index in [4.69, 9.17) is 4.74 Å². The second kappa shape index (κ2) is 7.33. The van der Waals surface area contributed by atoms with Gasteiger partial charge in [0.15, 0.2) is 5.84 Å². The molecule has 0 spiro atoms. The molecule has 2 heterocycles. The third kappa shape index (κ3) is 3.72. The average Bonchev–Trinajstić information content (AvgIpc) is 2.90. The van der Waals surface area contributed by atoms with E-state index >= 15 is 0 Å². The number of hydrogen-bond donors (Lipinski definition) is 1. The maximum atomic E-state index is 12.6. The highest BCUT2D eigenvalue weighted by atomic mass is 16.5.